The number of amides is 1. The van der Waals surface area contributed by atoms with Gasteiger partial charge in [-0.2, -0.15) is 0 Å². The van der Waals surface area contributed by atoms with Gasteiger partial charge in [-0.3, -0.25) is 15.1 Å². The molecule has 0 saturated carbocycles. The van der Waals surface area contributed by atoms with E-state index in [0.29, 0.717) is 44.1 Å². The molecule has 212 valence electrons. The second-order valence-corrected chi connectivity index (χ2v) is 11.5. The van der Waals surface area contributed by atoms with Crippen LogP contribution in [0.15, 0.2) is 64.5 Å². The summed E-state index contributed by atoms with van der Waals surface area (Å²) in [6.45, 7) is 4.66. The molecule has 4 rings (SSSR count). The van der Waals surface area contributed by atoms with Crippen LogP contribution in [0.2, 0.25) is 0 Å². The van der Waals surface area contributed by atoms with E-state index >= 15 is 0 Å². The fraction of sp³-hybridized carbons (Fsp3) is 0.481. The van der Waals surface area contributed by atoms with Gasteiger partial charge in [-0.15, -0.1) is 0 Å². The number of nitrogens with zero attached hydrogens (tertiary/aromatic N) is 2. The largest absolute Gasteiger partial charge is 0.494 e. The Morgan fingerprint density at radius 1 is 1.10 bits per heavy atom. The predicted molar refractivity (Wildman–Crippen MR) is 145 cm³/mol. The lowest BCUT2D eigenvalue weighted by atomic mass is 9.98. The highest BCUT2D eigenvalue weighted by atomic mass is 32.2. The highest BCUT2D eigenvalue weighted by Gasteiger charge is 2.45. The number of hydrazine groups is 1. The van der Waals surface area contributed by atoms with Gasteiger partial charge in [-0.05, 0) is 42.8 Å². The number of sulfone groups is 1. The lowest BCUT2D eigenvalue weighted by Gasteiger charge is -2.27. The summed E-state index contributed by atoms with van der Waals surface area (Å²) in [4.78, 5) is 20.5. The second kappa shape index (κ2) is 13.9. The van der Waals surface area contributed by atoms with E-state index in [1.165, 1.54) is 0 Å². The van der Waals surface area contributed by atoms with Crippen LogP contribution in [0.3, 0.4) is 0 Å². The first kappa shape index (κ1) is 29.0. The van der Waals surface area contributed by atoms with Crippen LogP contribution >= 0.6 is 0 Å². The number of hydrogen-bond donors (Lipinski definition) is 3. The summed E-state index contributed by atoms with van der Waals surface area (Å²) in [6.07, 6.45) is 0.481. The highest BCUT2D eigenvalue weighted by Crippen LogP contribution is 2.28. The molecule has 1 atom stereocenters. The van der Waals surface area contributed by atoms with Gasteiger partial charge < -0.3 is 19.3 Å². The van der Waals surface area contributed by atoms with E-state index in [-0.39, 0.29) is 36.2 Å². The van der Waals surface area contributed by atoms with Crippen molar-refractivity contribution in [1.82, 2.24) is 15.8 Å². The normalized spacial score (nSPS) is 19.8. The third-order valence-electron chi connectivity index (χ3n) is 6.60. The van der Waals surface area contributed by atoms with Crippen LogP contribution in [-0.2, 0) is 24.1 Å². The molecule has 1 amide bonds. The number of morpholine rings is 1. The fourth-order valence-corrected chi connectivity index (χ4v) is 5.66. The molecule has 1 saturated heterocycles. The number of rotatable bonds is 14. The van der Waals surface area contributed by atoms with E-state index in [4.69, 9.17) is 19.3 Å². The first-order valence-electron chi connectivity index (χ1n) is 13.1. The molecule has 0 bridgehead atoms. The molecule has 3 N–H and O–H groups in total. The van der Waals surface area contributed by atoms with Gasteiger partial charge in [0.05, 0.1) is 30.5 Å². The monoisotopic (exact) mass is 560 g/mol. The number of benzene rings is 2. The molecule has 0 aliphatic carbocycles. The van der Waals surface area contributed by atoms with Crippen molar-refractivity contribution in [3.8, 4) is 5.75 Å². The van der Waals surface area contributed by atoms with Crippen LogP contribution in [0.4, 0.5) is 0 Å². The van der Waals surface area contributed by atoms with Crippen molar-refractivity contribution in [2.24, 2.45) is 4.99 Å². The number of aliphatic hydroxyl groups is 1. The van der Waals surface area contributed by atoms with Gasteiger partial charge in [-0.25, -0.2) is 18.8 Å². The maximum atomic E-state index is 13.4. The maximum Gasteiger partial charge on any atom is 0.265 e. The summed E-state index contributed by atoms with van der Waals surface area (Å²) >= 11 is 0. The van der Waals surface area contributed by atoms with E-state index in [2.05, 4.69) is 20.7 Å². The van der Waals surface area contributed by atoms with Gasteiger partial charge in [0.1, 0.15) is 12.4 Å². The summed E-state index contributed by atoms with van der Waals surface area (Å²) in [7, 11) is -3.64. The molecule has 2 aliphatic heterocycles. The van der Waals surface area contributed by atoms with Crippen LogP contribution in [0, 0.1) is 0 Å². The summed E-state index contributed by atoms with van der Waals surface area (Å²) < 4.78 is 42.8. The molecule has 1 fully saturated rings. The molecule has 0 unspecified atom stereocenters. The summed E-state index contributed by atoms with van der Waals surface area (Å²) in [5.74, 6) is 0.174. The predicted octanol–water partition coefficient (Wildman–Crippen LogP) is 0.780. The Hall–Kier alpha value is -3.03. The van der Waals surface area contributed by atoms with Crippen LogP contribution in [0.5, 0.6) is 5.75 Å². The minimum absolute atomic E-state index is 0.0486. The maximum absolute atomic E-state index is 13.4. The van der Waals surface area contributed by atoms with Crippen LogP contribution < -0.4 is 15.6 Å². The number of ether oxygens (including phenoxy) is 3. The minimum atomic E-state index is -3.64. The molecule has 0 radical (unpaired) electrons. The van der Waals surface area contributed by atoms with Crippen molar-refractivity contribution in [3.05, 3.63) is 60.2 Å². The third kappa shape index (κ3) is 7.99. The molecule has 0 aromatic heterocycles. The van der Waals surface area contributed by atoms with Gasteiger partial charge in [0.2, 0.25) is 5.90 Å². The molecule has 2 aliphatic rings. The van der Waals surface area contributed by atoms with Gasteiger partial charge in [-0.1, -0.05) is 18.2 Å². The van der Waals surface area contributed by atoms with Crippen molar-refractivity contribution in [1.29, 1.82) is 0 Å². The number of nitrogens with one attached hydrogen (secondary N) is 2. The Bertz CT molecular complexity index is 1200. The zero-order chi connectivity index (χ0) is 27.6. The number of aliphatic hydroxyl groups excluding tert-OH is 1. The Kier molecular flexibility index (Phi) is 10.3. The van der Waals surface area contributed by atoms with E-state index in [1.54, 1.807) is 54.6 Å². The average Bonchev–Trinajstić information content (AvgIpc) is 3.42. The third-order valence-corrected chi connectivity index (χ3v) is 8.34. The van der Waals surface area contributed by atoms with Crippen LogP contribution in [0.1, 0.15) is 18.4 Å². The number of aliphatic imine (C=N–C) groups is 1. The molecular weight excluding hydrogens is 524 g/mol. The Morgan fingerprint density at radius 2 is 1.85 bits per heavy atom. The Labute approximate surface area is 229 Å². The van der Waals surface area contributed by atoms with Crippen LogP contribution in [0.25, 0.3) is 0 Å². The zero-order valence-electron chi connectivity index (χ0n) is 21.9. The minimum Gasteiger partial charge on any atom is -0.494 e. The zero-order valence-corrected chi connectivity index (χ0v) is 22.7. The van der Waals surface area contributed by atoms with Crippen molar-refractivity contribution < 1.29 is 32.5 Å². The summed E-state index contributed by atoms with van der Waals surface area (Å²) in [5, 5.41) is 8.92. The average molecular weight is 561 g/mol. The number of carbonyl (C=O) groups is 1. The summed E-state index contributed by atoms with van der Waals surface area (Å²) in [6, 6.07) is 15.2. The van der Waals surface area contributed by atoms with E-state index < -0.39 is 21.3 Å². The fourth-order valence-electron chi connectivity index (χ4n) is 4.25. The lowest BCUT2D eigenvalue weighted by molar-refractivity contribution is -0.127. The van der Waals surface area contributed by atoms with Gasteiger partial charge >= 0.3 is 0 Å². The molecule has 11 nitrogen and oxygen atoms in total. The lowest BCUT2D eigenvalue weighted by Crippen LogP contribution is -2.53. The molecule has 12 heteroatoms. The Morgan fingerprint density at radius 3 is 2.56 bits per heavy atom. The van der Waals surface area contributed by atoms with Crippen LogP contribution in [-0.4, -0.2) is 101 Å². The Balaban J connectivity index is 1.45. The first-order chi connectivity index (χ1) is 18.9. The van der Waals surface area contributed by atoms with Crippen molar-refractivity contribution in [2.45, 2.75) is 23.3 Å². The number of hydrogen-bond acceptors (Lipinski definition) is 10. The van der Waals surface area contributed by atoms with Gasteiger partial charge in [0.25, 0.3) is 5.91 Å². The van der Waals surface area contributed by atoms with Gasteiger partial charge in [0, 0.05) is 44.8 Å². The van der Waals surface area contributed by atoms with Crippen molar-refractivity contribution >= 4 is 21.6 Å². The molecule has 2 aromatic carbocycles. The van der Waals surface area contributed by atoms with E-state index in [1.807, 2.05) is 0 Å². The molecule has 2 aromatic rings. The second-order valence-electron chi connectivity index (χ2n) is 9.40. The molecule has 2 heterocycles. The number of carbonyl (C=O) groups excluding carboxylic acids is 1. The van der Waals surface area contributed by atoms with E-state index in [0.717, 1.165) is 19.6 Å². The molecular formula is C27H36N4O7S. The summed E-state index contributed by atoms with van der Waals surface area (Å²) in [5.41, 5.74) is 4.91. The molecule has 39 heavy (non-hydrogen) atoms. The highest BCUT2D eigenvalue weighted by molar-refractivity contribution is 7.91. The molecule has 0 spiro atoms. The SMILES string of the molecule is O=C(NNCCN1CCOCC1)[C@]1(CCS(=O)(=O)c2ccccc2)COC(c2ccc(OCCCO)cc2)=N1. The van der Waals surface area contributed by atoms with E-state index in [9.17, 15) is 13.2 Å². The van der Waals surface area contributed by atoms with Crippen molar-refractivity contribution in [3.63, 3.8) is 0 Å². The van der Waals surface area contributed by atoms with Gasteiger partial charge in [0.15, 0.2) is 15.4 Å². The van der Waals surface area contributed by atoms with Crippen molar-refractivity contribution in [2.75, 3.05) is 65.0 Å². The smallest absolute Gasteiger partial charge is 0.265 e. The standard InChI is InChI=1S/C27H36N4O7S/c32-16-4-17-37-23-9-7-22(8-10-23)25-29-27(21-38-25,11-20-39(34,35)24-5-2-1-3-6-24)26(33)30-28-12-13-31-14-18-36-19-15-31/h1-3,5-10,28,32H,4,11-21H2,(H,30,33)/t27-/m0/s1. The topological polar surface area (TPSA) is 139 Å². The quantitative estimate of drug-likeness (QED) is 0.226. The first-order valence-corrected chi connectivity index (χ1v) is 14.8.